The first-order chi connectivity index (χ1) is 6.02. The third kappa shape index (κ3) is 3.89. The first-order valence-corrected chi connectivity index (χ1v) is 4.35. The van der Waals surface area contributed by atoms with Gasteiger partial charge >= 0.3 is 0 Å². The second-order valence-electron chi connectivity index (χ2n) is 2.83. The summed E-state index contributed by atoms with van der Waals surface area (Å²) in [5, 5.41) is 0. The lowest BCUT2D eigenvalue weighted by Gasteiger charge is -2.22. The minimum absolute atomic E-state index is 0.0525. The molecule has 0 saturated heterocycles. The van der Waals surface area contributed by atoms with Gasteiger partial charge in [0, 0.05) is 6.54 Å². The Labute approximate surface area is 78.1 Å². The van der Waals surface area contributed by atoms with Gasteiger partial charge in [-0.1, -0.05) is 6.92 Å². The maximum atomic E-state index is 11.4. The number of primary amides is 1. The molecular weight excluding hydrogens is 170 g/mol. The third-order valence-corrected chi connectivity index (χ3v) is 1.80. The van der Waals surface area contributed by atoms with E-state index in [4.69, 9.17) is 11.5 Å². The van der Waals surface area contributed by atoms with Gasteiger partial charge in [-0.05, 0) is 13.3 Å². The van der Waals surface area contributed by atoms with Crippen LogP contribution in [-0.4, -0.2) is 35.8 Å². The average molecular weight is 187 g/mol. The van der Waals surface area contributed by atoms with Crippen molar-refractivity contribution in [3.63, 3.8) is 0 Å². The van der Waals surface area contributed by atoms with E-state index in [0.29, 0.717) is 13.0 Å². The molecule has 0 unspecified atom stereocenters. The maximum Gasteiger partial charge on any atom is 0.239 e. The fourth-order valence-electron chi connectivity index (χ4n) is 0.943. The highest BCUT2D eigenvalue weighted by atomic mass is 16.2. The summed E-state index contributed by atoms with van der Waals surface area (Å²) in [6.45, 7) is 4.00. The Balaban J connectivity index is 4.22. The zero-order valence-electron chi connectivity index (χ0n) is 8.12. The van der Waals surface area contributed by atoms with Gasteiger partial charge in [-0.3, -0.25) is 9.59 Å². The van der Waals surface area contributed by atoms with Crippen molar-refractivity contribution in [2.24, 2.45) is 11.5 Å². The zero-order chi connectivity index (χ0) is 10.4. The van der Waals surface area contributed by atoms with Gasteiger partial charge in [0.2, 0.25) is 11.8 Å². The van der Waals surface area contributed by atoms with E-state index in [1.165, 1.54) is 4.90 Å². The van der Waals surface area contributed by atoms with Gasteiger partial charge in [-0.25, -0.2) is 0 Å². The van der Waals surface area contributed by atoms with Gasteiger partial charge in [0.05, 0.1) is 12.6 Å². The maximum absolute atomic E-state index is 11.4. The molecule has 0 aliphatic heterocycles. The Morgan fingerprint density at radius 1 is 1.38 bits per heavy atom. The van der Waals surface area contributed by atoms with Crippen LogP contribution in [0.4, 0.5) is 0 Å². The lowest BCUT2D eigenvalue weighted by molar-refractivity contribution is -0.136. The van der Waals surface area contributed by atoms with Gasteiger partial charge < -0.3 is 16.4 Å². The molecule has 0 aromatic rings. The van der Waals surface area contributed by atoms with E-state index >= 15 is 0 Å². The summed E-state index contributed by atoms with van der Waals surface area (Å²) in [6.07, 6.45) is 0.564. The molecule has 1 atom stereocenters. The summed E-state index contributed by atoms with van der Waals surface area (Å²) in [5.74, 6) is -0.734. The summed E-state index contributed by atoms with van der Waals surface area (Å²) in [7, 11) is 0. The molecule has 0 fully saturated rings. The molecule has 0 heterocycles. The van der Waals surface area contributed by atoms with Crippen LogP contribution in [0.1, 0.15) is 20.3 Å². The summed E-state index contributed by atoms with van der Waals surface area (Å²) >= 11 is 0. The Morgan fingerprint density at radius 2 is 1.92 bits per heavy atom. The van der Waals surface area contributed by atoms with E-state index < -0.39 is 11.9 Å². The van der Waals surface area contributed by atoms with E-state index in [1.54, 1.807) is 6.92 Å². The zero-order valence-corrected chi connectivity index (χ0v) is 8.12. The number of amides is 2. The minimum atomic E-state index is -0.528. The SMILES string of the molecule is CC[C@@H](N)C(=O)N(CC)CC(N)=O. The minimum Gasteiger partial charge on any atom is -0.368 e. The average Bonchev–Trinajstić information content (AvgIpc) is 2.11. The molecule has 0 aromatic heterocycles. The molecule has 5 nitrogen and oxygen atoms in total. The molecule has 0 aliphatic carbocycles. The second kappa shape index (κ2) is 5.53. The summed E-state index contributed by atoms with van der Waals surface area (Å²) in [6, 6.07) is -0.528. The van der Waals surface area contributed by atoms with Crippen LogP contribution in [0, 0.1) is 0 Å². The highest BCUT2D eigenvalue weighted by molar-refractivity contribution is 5.86. The van der Waals surface area contributed by atoms with Crippen LogP contribution in [0.25, 0.3) is 0 Å². The van der Waals surface area contributed by atoms with Gasteiger partial charge in [0.15, 0.2) is 0 Å². The molecule has 0 radical (unpaired) electrons. The number of carbonyl (C=O) groups excluding carboxylic acids is 2. The lowest BCUT2D eigenvalue weighted by Crippen LogP contribution is -2.46. The third-order valence-electron chi connectivity index (χ3n) is 1.80. The van der Waals surface area contributed by atoms with E-state index in [2.05, 4.69) is 0 Å². The van der Waals surface area contributed by atoms with Crippen molar-refractivity contribution < 1.29 is 9.59 Å². The number of rotatable bonds is 5. The Hall–Kier alpha value is -1.10. The molecule has 5 heteroatoms. The van der Waals surface area contributed by atoms with Crippen LogP contribution < -0.4 is 11.5 Å². The van der Waals surface area contributed by atoms with Gasteiger partial charge in [0.1, 0.15) is 0 Å². The van der Waals surface area contributed by atoms with Crippen molar-refractivity contribution in [1.29, 1.82) is 0 Å². The van der Waals surface area contributed by atoms with Crippen molar-refractivity contribution in [3.8, 4) is 0 Å². The molecule has 0 aliphatic rings. The predicted octanol–water partition coefficient (Wildman–Crippen LogP) is -0.942. The molecule has 0 bridgehead atoms. The van der Waals surface area contributed by atoms with Crippen LogP contribution in [0.5, 0.6) is 0 Å². The van der Waals surface area contributed by atoms with Crippen molar-refractivity contribution in [2.45, 2.75) is 26.3 Å². The van der Waals surface area contributed by atoms with Crippen molar-refractivity contribution in [3.05, 3.63) is 0 Å². The highest BCUT2D eigenvalue weighted by Crippen LogP contribution is 1.96. The van der Waals surface area contributed by atoms with E-state index in [0.717, 1.165) is 0 Å². The number of hydrogen-bond acceptors (Lipinski definition) is 3. The topological polar surface area (TPSA) is 89.4 Å². The van der Waals surface area contributed by atoms with Crippen LogP contribution in [-0.2, 0) is 9.59 Å². The Bertz CT molecular complexity index is 194. The lowest BCUT2D eigenvalue weighted by atomic mass is 10.2. The number of nitrogens with zero attached hydrogens (tertiary/aromatic N) is 1. The van der Waals surface area contributed by atoms with Crippen molar-refractivity contribution in [1.82, 2.24) is 4.90 Å². The smallest absolute Gasteiger partial charge is 0.239 e. The fraction of sp³-hybridized carbons (Fsp3) is 0.750. The van der Waals surface area contributed by atoms with E-state index in [-0.39, 0.29) is 12.5 Å². The monoisotopic (exact) mass is 187 g/mol. The van der Waals surface area contributed by atoms with Crippen molar-refractivity contribution >= 4 is 11.8 Å². The van der Waals surface area contributed by atoms with E-state index in [9.17, 15) is 9.59 Å². The molecule has 0 saturated carbocycles. The van der Waals surface area contributed by atoms with Crippen LogP contribution >= 0.6 is 0 Å². The molecule has 0 spiro atoms. The summed E-state index contributed by atoms with van der Waals surface area (Å²) in [5.41, 5.74) is 10.5. The Kier molecular flexibility index (Phi) is 5.06. The largest absolute Gasteiger partial charge is 0.368 e. The molecule has 0 aromatic carbocycles. The normalized spacial score (nSPS) is 12.2. The Morgan fingerprint density at radius 3 is 2.23 bits per heavy atom. The van der Waals surface area contributed by atoms with Gasteiger partial charge in [-0.2, -0.15) is 0 Å². The number of hydrogen-bond donors (Lipinski definition) is 2. The first kappa shape index (κ1) is 11.9. The molecular formula is C8H17N3O2. The molecule has 0 rings (SSSR count). The van der Waals surface area contributed by atoms with Crippen LogP contribution in [0.15, 0.2) is 0 Å². The number of nitrogens with two attached hydrogens (primary N) is 2. The molecule has 76 valence electrons. The van der Waals surface area contributed by atoms with Gasteiger partial charge in [-0.15, -0.1) is 0 Å². The summed E-state index contributed by atoms with van der Waals surface area (Å²) < 4.78 is 0. The molecule has 2 amide bonds. The van der Waals surface area contributed by atoms with Gasteiger partial charge in [0.25, 0.3) is 0 Å². The standard InChI is InChI=1S/C8H17N3O2/c1-3-6(9)8(13)11(4-2)5-7(10)12/h6H,3-5,9H2,1-2H3,(H2,10,12)/t6-/m1/s1. The van der Waals surface area contributed by atoms with Crippen LogP contribution in [0.2, 0.25) is 0 Å². The van der Waals surface area contributed by atoms with E-state index in [1.807, 2.05) is 6.92 Å². The van der Waals surface area contributed by atoms with Crippen molar-refractivity contribution in [2.75, 3.05) is 13.1 Å². The first-order valence-electron chi connectivity index (χ1n) is 4.35. The second-order valence-corrected chi connectivity index (χ2v) is 2.83. The molecule has 4 N–H and O–H groups in total. The number of likely N-dealkylation sites (N-methyl/N-ethyl adjacent to an activating group) is 1. The predicted molar refractivity (Wildman–Crippen MR) is 49.7 cm³/mol. The highest BCUT2D eigenvalue weighted by Gasteiger charge is 2.19. The fourth-order valence-corrected chi connectivity index (χ4v) is 0.943. The quantitative estimate of drug-likeness (QED) is 0.582. The summed E-state index contributed by atoms with van der Waals surface area (Å²) in [4.78, 5) is 23.4. The van der Waals surface area contributed by atoms with Crippen LogP contribution in [0.3, 0.4) is 0 Å². The number of carbonyl (C=O) groups is 2. The molecule has 13 heavy (non-hydrogen) atoms.